The van der Waals surface area contributed by atoms with Gasteiger partial charge in [0.1, 0.15) is 5.82 Å². The molecule has 0 unspecified atom stereocenters. The number of hydrogen-bond donors (Lipinski definition) is 1. The number of anilines is 1. The van der Waals surface area contributed by atoms with Crippen LogP contribution in [0.2, 0.25) is 5.28 Å². The van der Waals surface area contributed by atoms with Gasteiger partial charge in [0.2, 0.25) is 5.28 Å². The van der Waals surface area contributed by atoms with Crippen LogP contribution in [-0.2, 0) is 0 Å². The van der Waals surface area contributed by atoms with Crippen molar-refractivity contribution in [3.05, 3.63) is 59.0 Å². The maximum atomic E-state index is 12.1. The van der Waals surface area contributed by atoms with Gasteiger partial charge in [0.15, 0.2) is 0 Å². The van der Waals surface area contributed by atoms with Crippen LogP contribution in [0.15, 0.2) is 42.6 Å². The molecule has 0 aliphatic rings. The van der Waals surface area contributed by atoms with Crippen molar-refractivity contribution in [1.29, 1.82) is 0 Å². The summed E-state index contributed by atoms with van der Waals surface area (Å²) in [5.74, 6) is 0.142. The summed E-state index contributed by atoms with van der Waals surface area (Å²) in [5, 5.41) is 2.78. The Balaban J connectivity index is 2.07. The first-order chi connectivity index (χ1) is 10.3. The summed E-state index contributed by atoms with van der Waals surface area (Å²) in [6.45, 7) is 6.41. The summed E-state index contributed by atoms with van der Waals surface area (Å²) in [4.78, 5) is 19.8. The Morgan fingerprint density at radius 3 is 2.45 bits per heavy atom. The fraction of sp³-hybridized carbons (Fsp3) is 0.235. The van der Waals surface area contributed by atoms with Gasteiger partial charge in [-0.15, -0.1) is 0 Å². The van der Waals surface area contributed by atoms with E-state index in [1.54, 1.807) is 18.2 Å². The van der Waals surface area contributed by atoms with Crippen LogP contribution in [0.4, 0.5) is 5.82 Å². The predicted molar refractivity (Wildman–Crippen MR) is 89.9 cm³/mol. The molecule has 114 valence electrons. The number of nitrogens with one attached hydrogen (secondary N) is 1. The van der Waals surface area contributed by atoms with Gasteiger partial charge in [0.05, 0.1) is 0 Å². The Morgan fingerprint density at radius 2 is 1.86 bits per heavy atom. The molecule has 1 amide bonds. The van der Waals surface area contributed by atoms with E-state index in [9.17, 15) is 4.79 Å². The van der Waals surface area contributed by atoms with E-state index in [2.05, 4.69) is 42.1 Å². The smallest absolute Gasteiger partial charge is 0.256 e. The Hall–Kier alpha value is -2.20. The highest BCUT2D eigenvalue weighted by atomic mass is 35.5. The zero-order valence-corrected chi connectivity index (χ0v) is 13.6. The molecular formula is C17H18ClN3O. The van der Waals surface area contributed by atoms with Crippen molar-refractivity contribution in [3.63, 3.8) is 0 Å². The molecule has 2 rings (SSSR count). The molecular weight excluding hydrogens is 298 g/mol. The van der Waals surface area contributed by atoms with Gasteiger partial charge in [-0.1, -0.05) is 45.1 Å². The summed E-state index contributed by atoms with van der Waals surface area (Å²) >= 11 is 5.69. The third kappa shape index (κ3) is 4.97. The maximum Gasteiger partial charge on any atom is 0.256 e. The van der Waals surface area contributed by atoms with Crippen molar-refractivity contribution in [2.24, 2.45) is 5.41 Å². The Kier molecular flexibility index (Phi) is 4.93. The minimum atomic E-state index is -0.235. The first kappa shape index (κ1) is 16.2. The molecule has 1 aromatic heterocycles. The van der Waals surface area contributed by atoms with E-state index in [1.165, 1.54) is 6.20 Å². The first-order valence-corrected chi connectivity index (χ1v) is 7.30. The Morgan fingerprint density at radius 1 is 1.18 bits per heavy atom. The summed E-state index contributed by atoms with van der Waals surface area (Å²) in [7, 11) is 0. The molecule has 0 fully saturated rings. The fourth-order valence-electron chi connectivity index (χ4n) is 1.68. The molecule has 1 aromatic carbocycles. The number of amides is 1. The third-order valence-corrected chi connectivity index (χ3v) is 3.00. The molecule has 1 heterocycles. The molecule has 4 nitrogen and oxygen atoms in total. The Labute approximate surface area is 135 Å². The van der Waals surface area contributed by atoms with Crippen molar-refractivity contribution in [3.8, 4) is 0 Å². The lowest BCUT2D eigenvalue weighted by atomic mass is 9.95. The van der Waals surface area contributed by atoms with Crippen molar-refractivity contribution in [2.45, 2.75) is 20.8 Å². The van der Waals surface area contributed by atoms with Gasteiger partial charge in [-0.05, 0) is 40.8 Å². The number of halogens is 1. The number of nitrogens with zero attached hydrogens (tertiary/aromatic N) is 2. The number of hydrogen-bond acceptors (Lipinski definition) is 3. The van der Waals surface area contributed by atoms with E-state index in [0.717, 1.165) is 5.56 Å². The highest BCUT2D eigenvalue weighted by molar-refractivity contribution is 6.28. The number of aromatic nitrogens is 2. The van der Waals surface area contributed by atoms with Gasteiger partial charge in [-0.2, -0.15) is 0 Å². The van der Waals surface area contributed by atoms with Gasteiger partial charge < -0.3 is 5.32 Å². The number of benzene rings is 1. The molecule has 0 radical (unpaired) electrons. The van der Waals surface area contributed by atoms with E-state index in [0.29, 0.717) is 11.4 Å². The lowest BCUT2D eigenvalue weighted by molar-refractivity contribution is 0.102. The van der Waals surface area contributed by atoms with Crippen molar-refractivity contribution >= 4 is 29.4 Å². The SMILES string of the molecule is CC(C)(C)/C=C/c1ccc(C(=O)Nc2ccnc(Cl)n2)cc1. The van der Waals surface area contributed by atoms with E-state index in [-0.39, 0.29) is 16.6 Å². The molecule has 0 saturated heterocycles. The molecule has 0 saturated carbocycles. The molecule has 0 bridgehead atoms. The quantitative estimate of drug-likeness (QED) is 0.852. The summed E-state index contributed by atoms with van der Waals surface area (Å²) in [5.41, 5.74) is 1.74. The van der Waals surface area contributed by atoms with Gasteiger partial charge in [0, 0.05) is 11.8 Å². The molecule has 1 N–H and O–H groups in total. The average molecular weight is 316 g/mol. The van der Waals surface area contributed by atoms with Crippen LogP contribution >= 0.6 is 11.6 Å². The van der Waals surface area contributed by atoms with Crippen LogP contribution in [0.1, 0.15) is 36.7 Å². The summed E-state index contributed by atoms with van der Waals surface area (Å²) in [6, 6.07) is 8.96. The minimum Gasteiger partial charge on any atom is -0.306 e. The van der Waals surface area contributed by atoms with E-state index in [4.69, 9.17) is 11.6 Å². The van der Waals surface area contributed by atoms with Crippen LogP contribution in [0.3, 0.4) is 0 Å². The molecule has 0 aliphatic carbocycles. The topological polar surface area (TPSA) is 54.9 Å². The second kappa shape index (κ2) is 6.71. The lowest BCUT2D eigenvalue weighted by Crippen LogP contribution is -2.13. The Bertz CT molecular complexity index is 688. The van der Waals surface area contributed by atoms with Crippen molar-refractivity contribution < 1.29 is 4.79 Å². The summed E-state index contributed by atoms with van der Waals surface area (Å²) < 4.78 is 0. The monoisotopic (exact) mass is 315 g/mol. The van der Waals surface area contributed by atoms with Crippen LogP contribution < -0.4 is 5.32 Å². The number of allylic oxidation sites excluding steroid dienone is 1. The highest BCUT2D eigenvalue weighted by Crippen LogP contribution is 2.17. The highest BCUT2D eigenvalue weighted by Gasteiger charge is 2.07. The maximum absolute atomic E-state index is 12.1. The molecule has 0 atom stereocenters. The zero-order valence-electron chi connectivity index (χ0n) is 12.8. The lowest BCUT2D eigenvalue weighted by Gasteiger charge is -2.11. The molecule has 0 spiro atoms. The van der Waals surface area contributed by atoms with Gasteiger partial charge in [-0.3, -0.25) is 4.79 Å². The number of carbonyl (C=O) groups excluding carboxylic acids is 1. The average Bonchev–Trinajstić information content (AvgIpc) is 2.45. The first-order valence-electron chi connectivity index (χ1n) is 6.93. The van der Waals surface area contributed by atoms with Crippen molar-refractivity contribution in [2.75, 3.05) is 5.32 Å². The predicted octanol–water partition coefficient (Wildman–Crippen LogP) is 4.44. The summed E-state index contributed by atoms with van der Waals surface area (Å²) in [6.07, 6.45) is 5.67. The van der Waals surface area contributed by atoms with Crippen LogP contribution in [0.25, 0.3) is 6.08 Å². The van der Waals surface area contributed by atoms with Crippen LogP contribution in [0, 0.1) is 5.41 Å². The van der Waals surface area contributed by atoms with Crippen LogP contribution in [-0.4, -0.2) is 15.9 Å². The molecule has 5 heteroatoms. The van der Waals surface area contributed by atoms with Crippen LogP contribution in [0.5, 0.6) is 0 Å². The second-order valence-corrected chi connectivity index (χ2v) is 6.32. The molecule has 0 aliphatic heterocycles. The van der Waals surface area contributed by atoms with Gasteiger partial charge >= 0.3 is 0 Å². The largest absolute Gasteiger partial charge is 0.306 e. The molecule has 22 heavy (non-hydrogen) atoms. The number of rotatable bonds is 3. The third-order valence-electron chi connectivity index (χ3n) is 2.82. The van der Waals surface area contributed by atoms with Gasteiger partial charge in [0.25, 0.3) is 5.91 Å². The minimum absolute atomic E-state index is 0.0977. The van der Waals surface area contributed by atoms with Crippen molar-refractivity contribution in [1.82, 2.24) is 9.97 Å². The standard InChI is InChI=1S/C17H18ClN3O/c1-17(2,3)10-8-12-4-6-13(7-5-12)15(22)20-14-9-11-19-16(18)21-14/h4-11H,1-3H3,(H,19,20,21,22)/b10-8+. The molecule has 2 aromatic rings. The second-order valence-electron chi connectivity index (χ2n) is 5.99. The fourth-order valence-corrected chi connectivity index (χ4v) is 1.83. The van der Waals surface area contributed by atoms with E-state index in [1.807, 2.05) is 18.2 Å². The van der Waals surface area contributed by atoms with E-state index < -0.39 is 0 Å². The van der Waals surface area contributed by atoms with Gasteiger partial charge in [-0.25, -0.2) is 9.97 Å². The number of carbonyl (C=O) groups is 1. The normalized spacial score (nSPS) is 11.6. The van der Waals surface area contributed by atoms with E-state index >= 15 is 0 Å². The zero-order chi connectivity index (χ0) is 16.2.